The van der Waals surface area contributed by atoms with E-state index in [1.165, 1.54) is 17.7 Å². The number of aromatic hydroxyl groups is 2. The van der Waals surface area contributed by atoms with Crippen LogP contribution in [0.3, 0.4) is 0 Å². The van der Waals surface area contributed by atoms with Crippen molar-refractivity contribution in [3.63, 3.8) is 0 Å². The number of allylic oxidation sites excluding steroid dienone is 1. The van der Waals surface area contributed by atoms with Crippen molar-refractivity contribution in [2.24, 2.45) is 4.99 Å². The summed E-state index contributed by atoms with van der Waals surface area (Å²) in [4.78, 5) is 4.37. The van der Waals surface area contributed by atoms with Crippen LogP contribution in [-0.2, 0) is 6.42 Å². The third-order valence-corrected chi connectivity index (χ3v) is 3.79. The summed E-state index contributed by atoms with van der Waals surface area (Å²) in [6.07, 6.45) is 8.00. The summed E-state index contributed by atoms with van der Waals surface area (Å²) >= 11 is 0. The molecule has 0 heterocycles. The van der Waals surface area contributed by atoms with Crippen molar-refractivity contribution in [1.29, 1.82) is 0 Å². The number of fused-ring (bicyclic) bond motifs is 1. The molecule has 4 heteroatoms. The van der Waals surface area contributed by atoms with Gasteiger partial charge in [0.25, 0.3) is 0 Å². The highest BCUT2D eigenvalue weighted by Crippen LogP contribution is 2.32. The Balaban J connectivity index is 2.04. The number of rotatable bonds is 4. The van der Waals surface area contributed by atoms with Crippen molar-refractivity contribution >= 4 is 18.0 Å². The molecule has 4 nitrogen and oxygen atoms in total. The Kier molecular flexibility index (Phi) is 4.33. The average molecular weight is 309 g/mol. The second kappa shape index (κ2) is 6.57. The number of aliphatic imine (C=N–C) groups is 1. The standard InChI is InChI=1S/C19H19NO3/c1-2-23-19-10-7-13-5-3-4-6-15(13)16(19)12-20-17-9-8-14(21)11-18(17)22/h4,6-12,21-22H,2-3,5H2,1H3. The van der Waals surface area contributed by atoms with E-state index >= 15 is 0 Å². The number of benzene rings is 2. The van der Waals surface area contributed by atoms with Gasteiger partial charge in [-0.05, 0) is 49.1 Å². The van der Waals surface area contributed by atoms with Gasteiger partial charge in [-0.25, -0.2) is 0 Å². The lowest BCUT2D eigenvalue weighted by Crippen LogP contribution is -2.03. The molecule has 0 atom stereocenters. The van der Waals surface area contributed by atoms with Crippen molar-refractivity contribution in [2.75, 3.05) is 6.61 Å². The molecule has 0 saturated carbocycles. The van der Waals surface area contributed by atoms with Gasteiger partial charge in [-0.2, -0.15) is 0 Å². The van der Waals surface area contributed by atoms with Gasteiger partial charge in [0.05, 0.1) is 6.61 Å². The third kappa shape index (κ3) is 3.21. The smallest absolute Gasteiger partial charge is 0.144 e. The maximum atomic E-state index is 9.86. The third-order valence-electron chi connectivity index (χ3n) is 3.79. The predicted molar refractivity (Wildman–Crippen MR) is 92.0 cm³/mol. The average Bonchev–Trinajstić information content (AvgIpc) is 2.55. The summed E-state index contributed by atoms with van der Waals surface area (Å²) in [5.41, 5.74) is 3.70. The quantitative estimate of drug-likeness (QED) is 0.832. The van der Waals surface area contributed by atoms with Gasteiger partial charge >= 0.3 is 0 Å². The first kappa shape index (κ1) is 15.2. The summed E-state index contributed by atoms with van der Waals surface area (Å²) in [7, 11) is 0. The zero-order valence-corrected chi connectivity index (χ0v) is 13.0. The van der Waals surface area contributed by atoms with E-state index < -0.39 is 0 Å². The van der Waals surface area contributed by atoms with E-state index in [1.807, 2.05) is 13.0 Å². The van der Waals surface area contributed by atoms with E-state index in [-0.39, 0.29) is 11.5 Å². The lowest BCUT2D eigenvalue weighted by molar-refractivity contribution is 0.339. The maximum Gasteiger partial charge on any atom is 0.144 e. The van der Waals surface area contributed by atoms with E-state index in [2.05, 4.69) is 23.2 Å². The summed E-state index contributed by atoms with van der Waals surface area (Å²) in [6.45, 7) is 2.52. The molecule has 0 aliphatic heterocycles. The Morgan fingerprint density at radius 2 is 2.09 bits per heavy atom. The van der Waals surface area contributed by atoms with Crippen LogP contribution in [0.5, 0.6) is 17.2 Å². The minimum absolute atomic E-state index is 0.0106. The molecule has 1 aliphatic carbocycles. The molecule has 0 unspecified atom stereocenters. The lowest BCUT2D eigenvalue weighted by Gasteiger charge is -2.16. The Morgan fingerprint density at radius 3 is 2.87 bits per heavy atom. The Morgan fingerprint density at radius 1 is 1.22 bits per heavy atom. The molecule has 2 aromatic carbocycles. The monoisotopic (exact) mass is 309 g/mol. The van der Waals surface area contributed by atoms with Crippen LogP contribution in [0.4, 0.5) is 5.69 Å². The minimum atomic E-state index is -0.0560. The zero-order chi connectivity index (χ0) is 16.2. The second-order valence-corrected chi connectivity index (χ2v) is 5.36. The highest BCUT2D eigenvalue weighted by molar-refractivity contribution is 5.92. The Labute approximate surface area is 135 Å². The van der Waals surface area contributed by atoms with Crippen molar-refractivity contribution < 1.29 is 14.9 Å². The fourth-order valence-electron chi connectivity index (χ4n) is 2.69. The van der Waals surface area contributed by atoms with E-state index in [1.54, 1.807) is 12.3 Å². The van der Waals surface area contributed by atoms with Crippen LogP contribution in [0.1, 0.15) is 30.0 Å². The number of hydrogen-bond acceptors (Lipinski definition) is 4. The summed E-state index contributed by atoms with van der Waals surface area (Å²) < 4.78 is 5.71. The van der Waals surface area contributed by atoms with Crippen molar-refractivity contribution in [3.05, 3.63) is 53.1 Å². The number of phenols is 2. The van der Waals surface area contributed by atoms with Gasteiger partial charge in [0.1, 0.15) is 22.9 Å². The molecule has 3 rings (SSSR count). The van der Waals surface area contributed by atoms with Crippen molar-refractivity contribution in [2.45, 2.75) is 19.8 Å². The number of phenolic OH excluding ortho intramolecular Hbond substituents is 2. The Hall–Kier alpha value is -2.75. The number of aryl methyl sites for hydroxylation is 1. The van der Waals surface area contributed by atoms with Gasteiger partial charge in [0.2, 0.25) is 0 Å². The van der Waals surface area contributed by atoms with E-state index in [0.717, 1.165) is 29.7 Å². The van der Waals surface area contributed by atoms with Gasteiger partial charge in [-0.15, -0.1) is 0 Å². The first-order valence-electron chi connectivity index (χ1n) is 7.70. The van der Waals surface area contributed by atoms with Crippen LogP contribution < -0.4 is 4.74 Å². The molecule has 2 N–H and O–H groups in total. The van der Waals surface area contributed by atoms with Gasteiger partial charge in [0, 0.05) is 17.8 Å². The fourth-order valence-corrected chi connectivity index (χ4v) is 2.69. The highest BCUT2D eigenvalue weighted by Gasteiger charge is 2.13. The summed E-state index contributed by atoms with van der Waals surface area (Å²) in [6, 6.07) is 8.41. The predicted octanol–water partition coefficient (Wildman–Crippen LogP) is 4.21. The molecule has 0 fully saturated rings. The molecular weight excluding hydrogens is 290 g/mol. The molecule has 0 amide bonds. The van der Waals surface area contributed by atoms with Crippen LogP contribution in [0.2, 0.25) is 0 Å². The van der Waals surface area contributed by atoms with Gasteiger partial charge in [0.15, 0.2) is 0 Å². The number of nitrogens with zero attached hydrogens (tertiary/aromatic N) is 1. The van der Waals surface area contributed by atoms with Gasteiger partial charge in [-0.1, -0.05) is 18.2 Å². The normalized spacial score (nSPS) is 13.3. The molecule has 0 bridgehead atoms. The molecule has 0 saturated heterocycles. The van der Waals surface area contributed by atoms with Gasteiger partial charge in [-0.3, -0.25) is 4.99 Å². The van der Waals surface area contributed by atoms with E-state index in [0.29, 0.717) is 12.3 Å². The number of hydrogen-bond donors (Lipinski definition) is 2. The molecule has 0 spiro atoms. The largest absolute Gasteiger partial charge is 0.508 e. The molecule has 2 aromatic rings. The molecule has 0 radical (unpaired) electrons. The topological polar surface area (TPSA) is 62.0 Å². The SMILES string of the molecule is CCOc1ccc2c(c1C=Nc1ccc(O)cc1O)C=CCC2. The molecular formula is C19H19NO3. The zero-order valence-electron chi connectivity index (χ0n) is 13.0. The summed E-state index contributed by atoms with van der Waals surface area (Å²) in [5.74, 6) is 0.732. The van der Waals surface area contributed by atoms with Crippen molar-refractivity contribution in [3.8, 4) is 17.2 Å². The molecule has 23 heavy (non-hydrogen) atoms. The van der Waals surface area contributed by atoms with E-state index in [4.69, 9.17) is 4.74 Å². The van der Waals surface area contributed by atoms with Crippen LogP contribution in [0.25, 0.3) is 6.08 Å². The first-order valence-corrected chi connectivity index (χ1v) is 7.70. The molecule has 0 aromatic heterocycles. The molecule has 118 valence electrons. The van der Waals surface area contributed by atoms with E-state index in [9.17, 15) is 10.2 Å². The Bertz CT molecular complexity index is 778. The van der Waals surface area contributed by atoms with Crippen molar-refractivity contribution in [1.82, 2.24) is 0 Å². The van der Waals surface area contributed by atoms with Gasteiger partial charge < -0.3 is 14.9 Å². The van der Waals surface area contributed by atoms with Crippen LogP contribution in [0.15, 0.2) is 41.4 Å². The first-order chi connectivity index (χ1) is 11.2. The second-order valence-electron chi connectivity index (χ2n) is 5.36. The van der Waals surface area contributed by atoms with Crippen LogP contribution >= 0.6 is 0 Å². The maximum absolute atomic E-state index is 9.86. The van der Waals surface area contributed by atoms with Crippen LogP contribution in [0, 0.1) is 0 Å². The fraction of sp³-hybridized carbons (Fsp3) is 0.211. The minimum Gasteiger partial charge on any atom is -0.508 e. The lowest BCUT2D eigenvalue weighted by atomic mass is 9.93. The summed E-state index contributed by atoms with van der Waals surface area (Å²) in [5, 5.41) is 19.2. The highest BCUT2D eigenvalue weighted by atomic mass is 16.5. The van der Waals surface area contributed by atoms with Crippen LogP contribution in [-0.4, -0.2) is 23.0 Å². The molecule has 1 aliphatic rings. The number of ether oxygens (including phenoxy) is 1.